The van der Waals surface area contributed by atoms with Crippen molar-refractivity contribution in [1.82, 2.24) is 10.3 Å². The van der Waals surface area contributed by atoms with Crippen LogP contribution in [0.25, 0.3) is 11.3 Å². The number of methoxy groups -OCH3 is 1. The van der Waals surface area contributed by atoms with Crippen LogP contribution < -0.4 is 15.4 Å². The van der Waals surface area contributed by atoms with E-state index in [1.54, 1.807) is 0 Å². The summed E-state index contributed by atoms with van der Waals surface area (Å²) in [6, 6.07) is 0.555. The van der Waals surface area contributed by atoms with E-state index in [0.717, 1.165) is 0 Å². The summed E-state index contributed by atoms with van der Waals surface area (Å²) in [6.45, 7) is 3.75. The van der Waals surface area contributed by atoms with Crippen LogP contribution in [-0.2, 0) is 4.79 Å². The van der Waals surface area contributed by atoms with Gasteiger partial charge in [-0.3, -0.25) is 4.79 Å². The number of ether oxygens (including phenoxy) is 1. The number of benzene rings is 1. The van der Waals surface area contributed by atoms with Gasteiger partial charge in [-0.05, 0) is 18.4 Å². The van der Waals surface area contributed by atoms with E-state index < -0.39 is 18.0 Å². The second-order valence-corrected chi connectivity index (χ2v) is 6.90. The summed E-state index contributed by atoms with van der Waals surface area (Å²) in [4.78, 5) is 27.4. The van der Waals surface area contributed by atoms with Crippen molar-refractivity contribution in [2.45, 2.75) is 26.3 Å². The molecule has 27 heavy (non-hydrogen) atoms. The maximum atomic E-state index is 12.6. The summed E-state index contributed by atoms with van der Waals surface area (Å²) in [5.74, 6) is 0.129. The van der Waals surface area contributed by atoms with Gasteiger partial charge in [0.15, 0.2) is 17.9 Å². The van der Waals surface area contributed by atoms with E-state index in [2.05, 4.69) is 15.6 Å². The molecule has 1 aromatic carbocycles. The monoisotopic (exact) mass is 415 g/mol. The van der Waals surface area contributed by atoms with Crippen LogP contribution in [0.3, 0.4) is 0 Å². The number of hydrogen-bond acceptors (Lipinski definition) is 5. The molecular formula is C17H19Cl2N3O5. The Hall–Kier alpha value is -2.45. The van der Waals surface area contributed by atoms with Crippen LogP contribution in [-0.4, -0.2) is 35.2 Å². The number of carboxylic acid groups (broad SMARTS) is 1. The van der Waals surface area contributed by atoms with Gasteiger partial charge in [0.2, 0.25) is 5.91 Å². The van der Waals surface area contributed by atoms with Crippen molar-refractivity contribution in [1.29, 1.82) is 0 Å². The molecule has 0 saturated carbocycles. The SMILES string of the molecule is COc1c(-c2cnco2)cc(Cl)c(NC(=O)C(CC(C)C)NC(=O)O)c1Cl. The van der Waals surface area contributed by atoms with Crippen LogP contribution in [0.1, 0.15) is 20.3 Å². The molecule has 2 rings (SSSR count). The van der Waals surface area contributed by atoms with Gasteiger partial charge in [0.25, 0.3) is 0 Å². The zero-order valence-electron chi connectivity index (χ0n) is 14.9. The van der Waals surface area contributed by atoms with E-state index in [0.29, 0.717) is 17.7 Å². The molecule has 1 unspecified atom stereocenters. The Morgan fingerprint density at radius 3 is 2.59 bits per heavy atom. The number of amides is 2. The van der Waals surface area contributed by atoms with E-state index in [4.69, 9.17) is 37.5 Å². The Bertz CT molecular complexity index is 824. The second-order valence-electron chi connectivity index (χ2n) is 6.11. The molecule has 0 aliphatic carbocycles. The van der Waals surface area contributed by atoms with E-state index in [1.165, 1.54) is 25.8 Å². The molecule has 1 atom stereocenters. The fraction of sp³-hybridized carbons (Fsp3) is 0.353. The summed E-state index contributed by atoms with van der Waals surface area (Å²) in [7, 11) is 1.41. The van der Waals surface area contributed by atoms with Gasteiger partial charge in [0, 0.05) is 0 Å². The highest BCUT2D eigenvalue weighted by molar-refractivity contribution is 6.41. The summed E-state index contributed by atoms with van der Waals surface area (Å²) in [6.07, 6.45) is 1.73. The summed E-state index contributed by atoms with van der Waals surface area (Å²) < 4.78 is 10.6. The van der Waals surface area contributed by atoms with Crippen molar-refractivity contribution < 1.29 is 23.8 Å². The first-order valence-corrected chi connectivity index (χ1v) is 8.75. The molecule has 0 saturated heterocycles. The average Bonchev–Trinajstić information content (AvgIpc) is 3.11. The lowest BCUT2D eigenvalue weighted by molar-refractivity contribution is -0.118. The summed E-state index contributed by atoms with van der Waals surface area (Å²) in [5, 5.41) is 13.9. The van der Waals surface area contributed by atoms with Crippen molar-refractivity contribution in [3.8, 4) is 17.1 Å². The molecule has 2 aromatic rings. The molecular weight excluding hydrogens is 397 g/mol. The van der Waals surface area contributed by atoms with Crippen molar-refractivity contribution in [2.24, 2.45) is 5.92 Å². The number of oxazole rings is 1. The zero-order chi connectivity index (χ0) is 20.1. The molecule has 3 N–H and O–H groups in total. The molecule has 0 aliphatic heterocycles. The van der Waals surface area contributed by atoms with Gasteiger partial charge in [-0.25, -0.2) is 9.78 Å². The van der Waals surface area contributed by atoms with Crippen molar-refractivity contribution in [3.63, 3.8) is 0 Å². The van der Waals surface area contributed by atoms with Crippen molar-refractivity contribution in [3.05, 3.63) is 28.7 Å². The van der Waals surface area contributed by atoms with Crippen LogP contribution in [0.15, 0.2) is 23.1 Å². The van der Waals surface area contributed by atoms with Gasteiger partial charge < -0.3 is 24.9 Å². The number of aromatic nitrogens is 1. The van der Waals surface area contributed by atoms with Crippen molar-refractivity contribution in [2.75, 3.05) is 12.4 Å². The third-order valence-electron chi connectivity index (χ3n) is 3.64. The largest absolute Gasteiger partial charge is 0.494 e. The molecule has 0 bridgehead atoms. The fourth-order valence-electron chi connectivity index (χ4n) is 2.51. The minimum absolute atomic E-state index is 0.0587. The first-order valence-electron chi connectivity index (χ1n) is 7.99. The summed E-state index contributed by atoms with van der Waals surface area (Å²) >= 11 is 12.7. The smallest absolute Gasteiger partial charge is 0.405 e. The highest BCUT2D eigenvalue weighted by atomic mass is 35.5. The number of hydrogen-bond donors (Lipinski definition) is 3. The lowest BCUT2D eigenvalue weighted by Crippen LogP contribution is -2.44. The molecule has 0 aliphatic rings. The van der Waals surface area contributed by atoms with Crippen LogP contribution in [0.5, 0.6) is 5.75 Å². The number of halogens is 2. The molecule has 2 amide bonds. The Morgan fingerprint density at radius 2 is 2.07 bits per heavy atom. The normalized spacial score (nSPS) is 11.9. The molecule has 0 fully saturated rings. The van der Waals surface area contributed by atoms with Crippen molar-refractivity contribution >= 4 is 40.9 Å². The van der Waals surface area contributed by atoms with E-state index in [9.17, 15) is 9.59 Å². The van der Waals surface area contributed by atoms with Gasteiger partial charge in [-0.1, -0.05) is 37.0 Å². The summed E-state index contributed by atoms with van der Waals surface area (Å²) in [5.41, 5.74) is 0.579. The number of nitrogens with one attached hydrogen (secondary N) is 2. The van der Waals surface area contributed by atoms with E-state index >= 15 is 0 Å². The minimum Gasteiger partial charge on any atom is -0.494 e. The first kappa shape index (κ1) is 20.9. The molecule has 146 valence electrons. The average molecular weight is 416 g/mol. The van der Waals surface area contributed by atoms with Gasteiger partial charge in [-0.15, -0.1) is 0 Å². The second kappa shape index (κ2) is 8.96. The number of rotatable bonds is 7. The third-order valence-corrected chi connectivity index (χ3v) is 4.30. The minimum atomic E-state index is -1.30. The molecule has 0 radical (unpaired) electrons. The van der Waals surface area contributed by atoms with Gasteiger partial charge in [0.1, 0.15) is 11.1 Å². The van der Waals surface area contributed by atoms with Gasteiger partial charge in [-0.2, -0.15) is 0 Å². The lowest BCUT2D eigenvalue weighted by Gasteiger charge is -2.20. The lowest BCUT2D eigenvalue weighted by atomic mass is 10.0. The molecule has 1 aromatic heterocycles. The van der Waals surface area contributed by atoms with Crippen LogP contribution in [0, 0.1) is 5.92 Å². The Balaban J connectivity index is 2.37. The molecule has 1 heterocycles. The van der Waals surface area contributed by atoms with Crippen LogP contribution in [0.2, 0.25) is 10.0 Å². The number of anilines is 1. The maximum Gasteiger partial charge on any atom is 0.405 e. The van der Waals surface area contributed by atoms with Crippen LogP contribution in [0.4, 0.5) is 10.5 Å². The van der Waals surface area contributed by atoms with E-state index in [1.807, 2.05) is 13.8 Å². The number of nitrogens with zero attached hydrogens (tertiary/aromatic N) is 1. The molecule has 0 spiro atoms. The molecule has 10 heteroatoms. The maximum absolute atomic E-state index is 12.6. The highest BCUT2D eigenvalue weighted by Crippen LogP contribution is 2.45. The van der Waals surface area contributed by atoms with Gasteiger partial charge in [0.05, 0.1) is 29.6 Å². The first-order chi connectivity index (χ1) is 12.7. The third kappa shape index (κ3) is 5.05. The van der Waals surface area contributed by atoms with Gasteiger partial charge >= 0.3 is 6.09 Å². The zero-order valence-corrected chi connectivity index (χ0v) is 16.4. The quantitative estimate of drug-likeness (QED) is 0.621. The number of carbonyl (C=O) groups excluding carboxylic acids is 1. The topological polar surface area (TPSA) is 114 Å². The standard InChI is InChI=1S/C17H19Cl2N3O5/c1-8(2)4-11(21-17(24)25)16(23)22-14-10(18)5-9(12-6-20-7-27-12)15(26-3)13(14)19/h5-8,11,21H,4H2,1-3H3,(H,22,23)(H,24,25). The predicted molar refractivity (Wildman–Crippen MR) is 102 cm³/mol. The highest BCUT2D eigenvalue weighted by Gasteiger charge is 2.26. The fourth-order valence-corrected chi connectivity index (χ4v) is 3.14. The Kier molecular flexibility index (Phi) is 6.92. The Morgan fingerprint density at radius 1 is 1.37 bits per heavy atom. The molecule has 8 nitrogen and oxygen atoms in total. The number of carbonyl (C=O) groups is 2. The van der Waals surface area contributed by atoms with E-state index in [-0.39, 0.29) is 27.4 Å². The predicted octanol–water partition coefficient (Wildman–Crippen LogP) is 4.28. The van der Waals surface area contributed by atoms with Crippen LogP contribution >= 0.6 is 23.2 Å². The Labute approximate surface area is 165 Å².